The maximum atomic E-state index is 12.0. The Kier molecular flexibility index (Phi) is 4.24. The Labute approximate surface area is 109 Å². The fraction of sp³-hybridized carbons (Fsp3) is 0.533. The van der Waals surface area contributed by atoms with Crippen LogP contribution < -0.4 is 4.74 Å². The Hall–Kier alpha value is -1.51. The lowest BCUT2D eigenvalue weighted by Crippen LogP contribution is -2.46. The van der Waals surface area contributed by atoms with E-state index in [-0.39, 0.29) is 11.9 Å². The lowest BCUT2D eigenvalue weighted by atomic mass is 10.0. The van der Waals surface area contributed by atoms with E-state index in [1.165, 1.54) is 5.56 Å². The summed E-state index contributed by atoms with van der Waals surface area (Å²) in [6.07, 6.45) is 2.46. The first-order valence-electron chi connectivity index (χ1n) is 6.76. The van der Waals surface area contributed by atoms with Crippen LogP contribution in [0.25, 0.3) is 0 Å². The standard InChI is InChI=1S/C15H21NO2/c1-3-9-16(15(17)4-2)13-10-12-7-5-6-8-14(12)18-11-13/h5-8,13H,3-4,9-11H2,1-2H3/t13-/m1/s1. The molecule has 1 heterocycles. The molecule has 0 radical (unpaired) electrons. The Balaban J connectivity index is 2.12. The molecule has 98 valence electrons. The monoisotopic (exact) mass is 247 g/mol. The number of carbonyl (C=O) groups excluding carboxylic acids is 1. The third-order valence-electron chi connectivity index (χ3n) is 3.39. The number of hydrogen-bond acceptors (Lipinski definition) is 2. The number of rotatable bonds is 4. The molecule has 1 aromatic carbocycles. The Morgan fingerprint density at radius 2 is 2.17 bits per heavy atom. The summed E-state index contributed by atoms with van der Waals surface area (Å²) >= 11 is 0. The van der Waals surface area contributed by atoms with E-state index in [9.17, 15) is 4.79 Å². The molecule has 0 fully saturated rings. The summed E-state index contributed by atoms with van der Waals surface area (Å²) in [6, 6.07) is 8.28. The van der Waals surface area contributed by atoms with Gasteiger partial charge in [-0.25, -0.2) is 0 Å². The van der Waals surface area contributed by atoms with Crippen LogP contribution in [0.15, 0.2) is 24.3 Å². The topological polar surface area (TPSA) is 29.5 Å². The van der Waals surface area contributed by atoms with Crippen molar-refractivity contribution in [3.05, 3.63) is 29.8 Å². The molecule has 1 atom stereocenters. The number of ether oxygens (including phenoxy) is 1. The molecular formula is C15H21NO2. The SMILES string of the molecule is CCCN(C(=O)CC)[C@H]1COc2ccccc2C1. The molecule has 1 aromatic rings. The van der Waals surface area contributed by atoms with Gasteiger partial charge in [0, 0.05) is 13.0 Å². The van der Waals surface area contributed by atoms with Gasteiger partial charge < -0.3 is 9.64 Å². The van der Waals surface area contributed by atoms with Crippen molar-refractivity contribution in [2.75, 3.05) is 13.2 Å². The highest BCUT2D eigenvalue weighted by Crippen LogP contribution is 2.26. The molecular weight excluding hydrogens is 226 g/mol. The van der Waals surface area contributed by atoms with Gasteiger partial charge in [-0.05, 0) is 24.5 Å². The van der Waals surface area contributed by atoms with Crippen LogP contribution in [0.2, 0.25) is 0 Å². The summed E-state index contributed by atoms with van der Waals surface area (Å²) in [5.74, 6) is 1.19. The first kappa shape index (κ1) is 12.9. The second kappa shape index (κ2) is 5.89. The number of carbonyl (C=O) groups is 1. The van der Waals surface area contributed by atoms with Gasteiger partial charge in [0.15, 0.2) is 0 Å². The van der Waals surface area contributed by atoms with Gasteiger partial charge >= 0.3 is 0 Å². The number of fused-ring (bicyclic) bond motifs is 1. The van der Waals surface area contributed by atoms with E-state index in [4.69, 9.17) is 4.74 Å². The average molecular weight is 247 g/mol. The number of hydrogen-bond donors (Lipinski definition) is 0. The largest absolute Gasteiger partial charge is 0.491 e. The van der Waals surface area contributed by atoms with E-state index in [0.717, 1.165) is 25.1 Å². The van der Waals surface area contributed by atoms with Crippen LogP contribution in [0.4, 0.5) is 0 Å². The van der Waals surface area contributed by atoms with Crippen LogP contribution in [-0.2, 0) is 11.2 Å². The summed E-state index contributed by atoms with van der Waals surface area (Å²) in [5, 5.41) is 0. The lowest BCUT2D eigenvalue weighted by Gasteiger charge is -2.35. The molecule has 0 bridgehead atoms. The quantitative estimate of drug-likeness (QED) is 0.818. The maximum Gasteiger partial charge on any atom is 0.222 e. The molecule has 2 rings (SSSR count). The molecule has 0 spiro atoms. The van der Waals surface area contributed by atoms with Crippen molar-refractivity contribution < 1.29 is 9.53 Å². The minimum Gasteiger partial charge on any atom is -0.491 e. The molecule has 1 aliphatic heterocycles. The van der Waals surface area contributed by atoms with E-state index >= 15 is 0 Å². The second-order valence-corrected chi connectivity index (χ2v) is 4.72. The van der Waals surface area contributed by atoms with Crippen molar-refractivity contribution >= 4 is 5.91 Å². The number of amides is 1. The summed E-state index contributed by atoms with van der Waals surface area (Å²) in [7, 11) is 0. The van der Waals surface area contributed by atoms with E-state index in [0.29, 0.717) is 13.0 Å². The molecule has 1 aliphatic rings. The normalized spacial score (nSPS) is 17.8. The summed E-state index contributed by atoms with van der Waals surface area (Å²) in [5.41, 5.74) is 1.21. The van der Waals surface area contributed by atoms with Crippen molar-refractivity contribution in [2.24, 2.45) is 0 Å². The molecule has 0 saturated heterocycles. The minimum absolute atomic E-state index is 0.187. The predicted molar refractivity (Wildman–Crippen MR) is 71.7 cm³/mol. The summed E-state index contributed by atoms with van der Waals surface area (Å²) < 4.78 is 5.76. The zero-order valence-electron chi connectivity index (χ0n) is 11.2. The molecule has 0 aromatic heterocycles. The zero-order valence-corrected chi connectivity index (χ0v) is 11.2. The van der Waals surface area contributed by atoms with Gasteiger partial charge in [0.1, 0.15) is 12.4 Å². The Morgan fingerprint density at radius 3 is 2.89 bits per heavy atom. The molecule has 18 heavy (non-hydrogen) atoms. The van der Waals surface area contributed by atoms with Crippen molar-refractivity contribution in [1.82, 2.24) is 4.90 Å². The Morgan fingerprint density at radius 1 is 1.39 bits per heavy atom. The van der Waals surface area contributed by atoms with E-state index in [1.807, 2.05) is 30.0 Å². The first-order valence-corrected chi connectivity index (χ1v) is 6.76. The number of nitrogens with zero attached hydrogens (tertiary/aromatic N) is 1. The number of benzene rings is 1. The van der Waals surface area contributed by atoms with E-state index in [2.05, 4.69) is 13.0 Å². The van der Waals surface area contributed by atoms with Crippen LogP contribution in [0.1, 0.15) is 32.3 Å². The molecule has 0 unspecified atom stereocenters. The smallest absolute Gasteiger partial charge is 0.222 e. The molecule has 0 saturated carbocycles. The lowest BCUT2D eigenvalue weighted by molar-refractivity contribution is -0.134. The van der Waals surface area contributed by atoms with E-state index in [1.54, 1.807) is 0 Å². The Bertz CT molecular complexity index is 417. The van der Waals surface area contributed by atoms with Crippen LogP contribution in [-0.4, -0.2) is 30.0 Å². The van der Waals surface area contributed by atoms with Gasteiger partial charge in [0.05, 0.1) is 6.04 Å². The first-order chi connectivity index (χ1) is 8.76. The van der Waals surface area contributed by atoms with Crippen molar-refractivity contribution in [3.8, 4) is 5.75 Å². The highest BCUT2D eigenvalue weighted by molar-refractivity contribution is 5.76. The number of para-hydroxylation sites is 1. The maximum absolute atomic E-state index is 12.0. The van der Waals surface area contributed by atoms with Crippen LogP contribution >= 0.6 is 0 Å². The highest BCUT2D eigenvalue weighted by atomic mass is 16.5. The van der Waals surface area contributed by atoms with Crippen LogP contribution in [0.5, 0.6) is 5.75 Å². The molecule has 3 heteroatoms. The third kappa shape index (κ3) is 2.66. The van der Waals surface area contributed by atoms with Gasteiger partial charge in [-0.15, -0.1) is 0 Å². The molecule has 0 aliphatic carbocycles. The van der Waals surface area contributed by atoms with Gasteiger partial charge in [-0.2, -0.15) is 0 Å². The highest BCUT2D eigenvalue weighted by Gasteiger charge is 2.27. The van der Waals surface area contributed by atoms with Crippen LogP contribution in [0, 0.1) is 0 Å². The van der Waals surface area contributed by atoms with Gasteiger partial charge in [0.25, 0.3) is 0 Å². The van der Waals surface area contributed by atoms with Crippen molar-refractivity contribution in [2.45, 2.75) is 39.2 Å². The van der Waals surface area contributed by atoms with Crippen molar-refractivity contribution in [3.63, 3.8) is 0 Å². The van der Waals surface area contributed by atoms with Gasteiger partial charge in [-0.1, -0.05) is 32.0 Å². The fourth-order valence-electron chi connectivity index (χ4n) is 2.47. The van der Waals surface area contributed by atoms with Crippen LogP contribution in [0.3, 0.4) is 0 Å². The summed E-state index contributed by atoms with van der Waals surface area (Å²) in [6.45, 7) is 5.46. The predicted octanol–water partition coefficient (Wildman–Crippen LogP) is 2.64. The molecule has 1 amide bonds. The molecule has 3 nitrogen and oxygen atoms in total. The van der Waals surface area contributed by atoms with Crippen molar-refractivity contribution in [1.29, 1.82) is 0 Å². The summed E-state index contributed by atoms with van der Waals surface area (Å²) in [4.78, 5) is 14.0. The van der Waals surface area contributed by atoms with Gasteiger partial charge in [-0.3, -0.25) is 4.79 Å². The fourth-order valence-corrected chi connectivity index (χ4v) is 2.47. The molecule has 0 N–H and O–H groups in total. The third-order valence-corrected chi connectivity index (χ3v) is 3.39. The zero-order chi connectivity index (χ0) is 13.0. The van der Waals surface area contributed by atoms with E-state index < -0.39 is 0 Å². The van der Waals surface area contributed by atoms with Gasteiger partial charge in [0.2, 0.25) is 5.91 Å². The second-order valence-electron chi connectivity index (χ2n) is 4.72. The minimum atomic E-state index is 0.187. The average Bonchev–Trinajstić information content (AvgIpc) is 2.43.